The highest BCUT2D eigenvalue weighted by atomic mass is 32.2. The van der Waals surface area contributed by atoms with Crippen molar-refractivity contribution in [3.63, 3.8) is 0 Å². The van der Waals surface area contributed by atoms with Crippen LogP contribution in [0, 0.1) is 0 Å². The molecule has 0 spiro atoms. The molecular weight excluding hydrogens is 298 g/mol. The number of ether oxygens (including phenoxy) is 1. The lowest BCUT2D eigenvalue weighted by atomic mass is 10.2. The Balaban J connectivity index is 2.35. The van der Waals surface area contributed by atoms with Crippen LogP contribution in [0.4, 0.5) is 5.69 Å². The fourth-order valence-electron chi connectivity index (χ4n) is 2.03. The van der Waals surface area contributed by atoms with Crippen LogP contribution in [-0.4, -0.2) is 51.1 Å². The first kappa shape index (κ1) is 15.2. The first-order valence-corrected chi connectivity index (χ1v) is 7.95. The zero-order chi connectivity index (χ0) is 14.8. The molecule has 1 fully saturated rings. The number of anilines is 1. The van der Waals surface area contributed by atoms with Gasteiger partial charge in [0.25, 0.3) is 0 Å². The second kappa shape index (κ2) is 6.04. The lowest BCUT2D eigenvalue weighted by Crippen LogP contribution is -2.47. The van der Waals surface area contributed by atoms with Crippen LogP contribution in [0.15, 0.2) is 24.3 Å². The number of nitrogens with zero attached hydrogens (tertiary/aromatic N) is 2. The van der Waals surface area contributed by atoms with Gasteiger partial charge in [0.15, 0.2) is 0 Å². The van der Waals surface area contributed by atoms with Gasteiger partial charge in [0.2, 0.25) is 0 Å². The molecule has 0 saturated carbocycles. The third-order valence-corrected chi connectivity index (χ3v) is 5.28. The molecule has 8 heteroatoms. The Labute approximate surface area is 124 Å². The van der Waals surface area contributed by atoms with Gasteiger partial charge in [-0.3, -0.25) is 4.31 Å². The molecule has 0 radical (unpaired) electrons. The number of rotatable bonds is 4. The summed E-state index contributed by atoms with van der Waals surface area (Å²) in [6, 6.07) is 6.92. The molecule has 0 atom stereocenters. The van der Waals surface area contributed by atoms with Gasteiger partial charge in [-0.05, 0) is 12.1 Å². The maximum absolute atomic E-state index is 12.6. The Kier molecular flexibility index (Phi) is 4.59. The first-order valence-electron chi connectivity index (χ1n) is 6.15. The van der Waals surface area contributed by atoms with E-state index in [1.54, 1.807) is 24.3 Å². The van der Waals surface area contributed by atoms with E-state index >= 15 is 0 Å². The highest BCUT2D eigenvalue weighted by Gasteiger charge is 2.30. The summed E-state index contributed by atoms with van der Waals surface area (Å²) in [6.45, 7) is 1.51. The van der Waals surface area contributed by atoms with Crippen LogP contribution in [0.1, 0.15) is 5.56 Å². The standard InChI is InChI=1S/C12H17N3O3S2/c1-14(11-5-3-2-4-10(11)12(13)19)20(16,17)15-6-8-18-9-7-15/h2-5H,6-9H2,1H3,(H2,13,19). The normalized spacial score (nSPS) is 16.9. The van der Waals surface area contributed by atoms with E-state index in [4.69, 9.17) is 22.7 Å². The minimum Gasteiger partial charge on any atom is -0.389 e. The average molecular weight is 315 g/mol. The fraction of sp³-hybridized carbons (Fsp3) is 0.417. The van der Waals surface area contributed by atoms with Crippen LogP contribution < -0.4 is 10.0 Å². The van der Waals surface area contributed by atoms with E-state index in [2.05, 4.69) is 0 Å². The van der Waals surface area contributed by atoms with Crippen LogP contribution in [0.3, 0.4) is 0 Å². The molecule has 1 aromatic carbocycles. The summed E-state index contributed by atoms with van der Waals surface area (Å²) in [6.07, 6.45) is 0. The Morgan fingerprint density at radius 1 is 1.35 bits per heavy atom. The Morgan fingerprint density at radius 3 is 2.55 bits per heavy atom. The van der Waals surface area contributed by atoms with Crippen LogP contribution in [0.5, 0.6) is 0 Å². The SMILES string of the molecule is CN(c1ccccc1C(N)=S)S(=O)(=O)N1CCOCC1. The molecule has 1 saturated heterocycles. The van der Waals surface area contributed by atoms with Gasteiger partial charge in [-0.15, -0.1) is 0 Å². The van der Waals surface area contributed by atoms with Crippen molar-refractivity contribution in [2.24, 2.45) is 5.73 Å². The quantitative estimate of drug-likeness (QED) is 0.811. The number of hydrogen-bond acceptors (Lipinski definition) is 4. The monoisotopic (exact) mass is 315 g/mol. The molecule has 0 aliphatic carbocycles. The van der Waals surface area contributed by atoms with E-state index in [1.165, 1.54) is 15.7 Å². The second-order valence-electron chi connectivity index (χ2n) is 4.37. The molecule has 1 aliphatic rings. The van der Waals surface area contributed by atoms with Gasteiger partial charge in [-0.25, -0.2) is 0 Å². The van der Waals surface area contributed by atoms with Gasteiger partial charge in [0.1, 0.15) is 4.99 Å². The fourth-order valence-corrected chi connectivity index (χ4v) is 3.57. The molecule has 6 nitrogen and oxygen atoms in total. The summed E-state index contributed by atoms with van der Waals surface area (Å²) in [5.41, 5.74) is 6.67. The highest BCUT2D eigenvalue weighted by Crippen LogP contribution is 2.23. The predicted molar refractivity (Wildman–Crippen MR) is 82.0 cm³/mol. The third-order valence-electron chi connectivity index (χ3n) is 3.15. The number of benzene rings is 1. The Morgan fingerprint density at radius 2 is 1.95 bits per heavy atom. The molecule has 110 valence electrons. The smallest absolute Gasteiger partial charge is 0.304 e. The number of para-hydroxylation sites is 1. The zero-order valence-corrected chi connectivity index (χ0v) is 12.8. The summed E-state index contributed by atoms with van der Waals surface area (Å²) in [7, 11) is -2.10. The summed E-state index contributed by atoms with van der Waals surface area (Å²) < 4.78 is 32.9. The molecule has 20 heavy (non-hydrogen) atoms. The van der Waals surface area contributed by atoms with E-state index in [-0.39, 0.29) is 4.99 Å². The van der Waals surface area contributed by atoms with Crippen molar-refractivity contribution in [2.75, 3.05) is 37.7 Å². The van der Waals surface area contributed by atoms with Crippen LogP contribution in [-0.2, 0) is 14.9 Å². The van der Waals surface area contributed by atoms with Crippen LogP contribution in [0.2, 0.25) is 0 Å². The van der Waals surface area contributed by atoms with Gasteiger partial charge in [0.05, 0.1) is 18.9 Å². The van der Waals surface area contributed by atoms with Crippen molar-refractivity contribution in [1.29, 1.82) is 0 Å². The van der Waals surface area contributed by atoms with Crippen molar-refractivity contribution >= 4 is 33.1 Å². The zero-order valence-electron chi connectivity index (χ0n) is 11.2. The number of nitrogens with two attached hydrogens (primary N) is 1. The summed E-state index contributed by atoms with van der Waals surface area (Å²) in [5, 5.41) is 0. The van der Waals surface area contributed by atoms with Crippen molar-refractivity contribution in [1.82, 2.24) is 4.31 Å². The Bertz CT molecular complexity index is 598. The maximum Gasteiger partial charge on any atom is 0.304 e. The van der Waals surface area contributed by atoms with Crippen molar-refractivity contribution in [3.05, 3.63) is 29.8 Å². The van der Waals surface area contributed by atoms with E-state index in [0.29, 0.717) is 37.6 Å². The molecule has 1 aliphatic heterocycles. The van der Waals surface area contributed by atoms with Gasteiger partial charge in [0, 0.05) is 25.7 Å². The van der Waals surface area contributed by atoms with Gasteiger partial charge < -0.3 is 10.5 Å². The minimum absolute atomic E-state index is 0.171. The van der Waals surface area contributed by atoms with Crippen molar-refractivity contribution in [2.45, 2.75) is 0 Å². The van der Waals surface area contributed by atoms with Gasteiger partial charge in [-0.1, -0.05) is 24.4 Å². The molecule has 0 amide bonds. The molecule has 2 N–H and O–H groups in total. The van der Waals surface area contributed by atoms with Gasteiger partial charge >= 0.3 is 10.2 Å². The minimum atomic E-state index is -3.60. The molecule has 1 aromatic rings. The predicted octanol–water partition coefficient (Wildman–Crippen LogP) is 0.334. The number of hydrogen-bond donors (Lipinski definition) is 1. The van der Waals surface area contributed by atoms with E-state index in [9.17, 15) is 8.42 Å². The number of thiocarbonyl (C=S) groups is 1. The summed E-state index contributed by atoms with van der Waals surface area (Å²) in [5.74, 6) is 0. The second-order valence-corrected chi connectivity index (χ2v) is 6.77. The van der Waals surface area contributed by atoms with Crippen LogP contribution in [0.25, 0.3) is 0 Å². The molecule has 0 bridgehead atoms. The largest absolute Gasteiger partial charge is 0.389 e. The summed E-state index contributed by atoms with van der Waals surface area (Å²) >= 11 is 4.97. The van der Waals surface area contributed by atoms with E-state index in [0.717, 1.165) is 0 Å². The first-order chi connectivity index (χ1) is 9.44. The molecular formula is C12H17N3O3S2. The van der Waals surface area contributed by atoms with Crippen molar-refractivity contribution < 1.29 is 13.2 Å². The lowest BCUT2D eigenvalue weighted by Gasteiger charge is -2.31. The number of morpholine rings is 1. The highest BCUT2D eigenvalue weighted by molar-refractivity contribution is 7.90. The molecule has 2 rings (SSSR count). The average Bonchev–Trinajstić information content (AvgIpc) is 2.47. The molecule has 0 aromatic heterocycles. The maximum atomic E-state index is 12.6. The van der Waals surface area contributed by atoms with Crippen LogP contribution >= 0.6 is 12.2 Å². The topological polar surface area (TPSA) is 75.9 Å². The molecule has 1 heterocycles. The van der Waals surface area contributed by atoms with Crippen molar-refractivity contribution in [3.8, 4) is 0 Å². The van der Waals surface area contributed by atoms with E-state index < -0.39 is 10.2 Å². The lowest BCUT2D eigenvalue weighted by molar-refractivity contribution is 0.0730. The summed E-state index contributed by atoms with van der Waals surface area (Å²) in [4.78, 5) is 0.171. The third kappa shape index (κ3) is 2.93. The molecule has 0 unspecified atom stereocenters. The van der Waals surface area contributed by atoms with Gasteiger partial charge in [-0.2, -0.15) is 12.7 Å². The van der Waals surface area contributed by atoms with E-state index in [1.807, 2.05) is 0 Å². The Hall–Kier alpha value is -1.22.